The zero-order valence-corrected chi connectivity index (χ0v) is 8.88. The van der Waals surface area contributed by atoms with Gasteiger partial charge in [0.2, 0.25) is 0 Å². The maximum atomic E-state index is 11.3. The molecule has 0 radical (unpaired) electrons. The number of hydrogen-bond acceptors (Lipinski definition) is 4. The van der Waals surface area contributed by atoms with Crippen molar-refractivity contribution in [1.29, 1.82) is 0 Å². The second kappa shape index (κ2) is 3.51. The minimum Gasteiger partial charge on any atom is -0.443 e. The Bertz CT molecular complexity index is 234. The molecule has 2 rings (SSSR count). The average Bonchev–Trinajstić information content (AvgIpc) is 2.44. The van der Waals surface area contributed by atoms with Crippen molar-refractivity contribution in [3.63, 3.8) is 0 Å². The van der Waals surface area contributed by atoms with E-state index in [9.17, 15) is 4.79 Å². The standard InChI is InChI=1S/C10H18N2O2/c1-8(2)12-7-9(13)14-10(12)3-5-11-6-4-10/h8,11H,3-7H2,1-2H3. The van der Waals surface area contributed by atoms with Crippen LogP contribution in [0.2, 0.25) is 0 Å². The SMILES string of the molecule is CC(C)N1CC(=O)OC12CCNCC2. The first-order valence-electron chi connectivity index (χ1n) is 5.33. The number of esters is 1. The van der Waals surface area contributed by atoms with E-state index in [1.807, 2.05) is 0 Å². The van der Waals surface area contributed by atoms with Crippen molar-refractivity contribution in [2.75, 3.05) is 19.6 Å². The van der Waals surface area contributed by atoms with Gasteiger partial charge in [0, 0.05) is 32.0 Å². The molecule has 0 unspecified atom stereocenters. The van der Waals surface area contributed by atoms with E-state index in [1.54, 1.807) is 0 Å². The van der Waals surface area contributed by atoms with Crippen LogP contribution in [0, 0.1) is 0 Å². The highest BCUT2D eigenvalue weighted by Gasteiger charge is 2.48. The maximum absolute atomic E-state index is 11.3. The molecule has 14 heavy (non-hydrogen) atoms. The van der Waals surface area contributed by atoms with Gasteiger partial charge < -0.3 is 10.1 Å². The molecule has 2 saturated heterocycles. The smallest absolute Gasteiger partial charge is 0.322 e. The summed E-state index contributed by atoms with van der Waals surface area (Å²) in [6.45, 7) is 6.57. The number of piperidine rings is 1. The van der Waals surface area contributed by atoms with Gasteiger partial charge in [0.05, 0.1) is 0 Å². The van der Waals surface area contributed by atoms with Crippen LogP contribution in [0.25, 0.3) is 0 Å². The van der Waals surface area contributed by atoms with Gasteiger partial charge >= 0.3 is 5.97 Å². The minimum atomic E-state index is -0.295. The number of hydrogen-bond donors (Lipinski definition) is 1. The molecule has 0 aromatic rings. The number of ether oxygens (including phenoxy) is 1. The minimum absolute atomic E-state index is 0.0689. The lowest BCUT2D eigenvalue weighted by atomic mass is 9.99. The first kappa shape index (κ1) is 9.93. The Morgan fingerprint density at radius 3 is 2.64 bits per heavy atom. The number of rotatable bonds is 1. The first-order valence-corrected chi connectivity index (χ1v) is 5.33. The molecule has 4 heteroatoms. The topological polar surface area (TPSA) is 41.6 Å². The lowest BCUT2D eigenvalue weighted by molar-refractivity contribution is -0.159. The van der Waals surface area contributed by atoms with Crippen molar-refractivity contribution in [3.8, 4) is 0 Å². The molecular formula is C10H18N2O2. The lowest BCUT2D eigenvalue weighted by Gasteiger charge is -2.41. The molecule has 80 valence electrons. The highest BCUT2D eigenvalue weighted by atomic mass is 16.6. The molecule has 4 nitrogen and oxygen atoms in total. The summed E-state index contributed by atoms with van der Waals surface area (Å²) >= 11 is 0. The molecule has 0 aromatic carbocycles. The second-order valence-electron chi connectivity index (χ2n) is 4.39. The summed E-state index contributed by atoms with van der Waals surface area (Å²) in [5.74, 6) is -0.0689. The summed E-state index contributed by atoms with van der Waals surface area (Å²) in [5, 5.41) is 3.29. The number of carbonyl (C=O) groups excluding carboxylic acids is 1. The predicted molar refractivity (Wildman–Crippen MR) is 52.8 cm³/mol. The van der Waals surface area contributed by atoms with Crippen LogP contribution < -0.4 is 5.32 Å². The van der Waals surface area contributed by atoms with Gasteiger partial charge in [0.15, 0.2) is 5.72 Å². The third-order valence-corrected chi connectivity index (χ3v) is 3.13. The molecule has 2 fully saturated rings. The Morgan fingerprint density at radius 1 is 1.43 bits per heavy atom. The van der Waals surface area contributed by atoms with Gasteiger partial charge in [-0.05, 0) is 13.8 Å². The fourth-order valence-corrected chi connectivity index (χ4v) is 2.45. The van der Waals surface area contributed by atoms with Gasteiger partial charge in [-0.1, -0.05) is 0 Å². The van der Waals surface area contributed by atoms with Crippen molar-refractivity contribution in [1.82, 2.24) is 10.2 Å². The van der Waals surface area contributed by atoms with Crippen LogP contribution in [0.4, 0.5) is 0 Å². The summed E-state index contributed by atoms with van der Waals surface area (Å²) in [4.78, 5) is 13.5. The number of nitrogens with zero attached hydrogens (tertiary/aromatic N) is 1. The van der Waals surface area contributed by atoms with E-state index in [1.165, 1.54) is 0 Å². The molecule has 0 aromatic heterocycles. The Hall–Kier alpha value is -0.610. The van der Waals surface area contributed by atoms with Crippen LogP contribution in [-0.2, 0) is 9.53 Å². The summed E-state index contributed by atoms with van der Waals surface area (Å²) in [5.41, 5.74) is -0.295. The molecule has 2 heterocycles. The average molecular weight is 198 g/mol. The van der Waals surface area contributed by atoms with Crippen LogP contribution in [0.5, 0.6) is 0 Å². The summed E-state index contributed by atoms with van der Waals surface area (Å²) in [7, 11) is 0. The normalized spacial score (nSPS) is 27.2. The molecule has 0 atom stereocenters. The Balaban J connectivity index is 2.17. The van der Waals surface area contributed by atoms with Crippen molar-refractivity contribution in [3.05, 3.63) is 0 Å². The van der Waals surface area contributed by atoms with Gasteiger partial charge in [0.25, 0.3) is 0 Å². The quantitative estimate of drug-likeness (QED) is 0.617. The third kappa shape index (κ3) is 1.53. The molecule has 0 bridgehead atoms. The van der Waals surface area contributed by atoms with E-state index < -0.39 is 0 Å². The van der Waals surface area contributed by atoms with Gasteiger partial charge in [-0.3, -0.25) is 9.69 Å². The van der Waals surface area contributed by atoms with Gasteiger partial charge in [0.1, 0.15) is 6.54 Å². The van der Waals surface area contributed by atoms with E-state index in [0.717, 1.165) is 25.9 Å². The van der Waals surface area contributed by atoms with Gasteiger partial charge in [-0.15, -0.1) is 0 Å². The fourth-order valence-electron chi connectivity index (χ4n) is 2.45. The zero-order chi connectivity index (χ0) is 10.2. The number of nitrogens with one attached hydrogen (secondary N) is 1. The van der Waals surface area contributed by atoms with Crippen molar-refractivity contribution in [2.45, 2.75) is 38.5 Å². The van der Waals surface area contributed by atoms with E-state index in [4.69, 9.17) is 4.74 Å². The highest BCUT2D eigenvalue weighted by molar-refractivity contribution is 5.74. The van der Waals surface area contributed by atoms with Gasteiger partial charge in [-0.2, -0.15) is 0 Å². The largest absolute Gasteiger partial charge is 0.443 e. The lowest BCUT2D eigenvalue weighted by Crippen LogP contribution is -2.54. The predicted octanol–water partition coefficient (Wildman–Crippen LogP) is 0.333. The Labute approximate surface area is 84.6 Å². The van der Waals surface area contributed by atoms with Crippen molar-refractivity contribution < 1.29 is 9.53 Å². The second-order valence-corrected chi connectivity index (χ2v) is 4.39. The zero-order valence-electron chi connectivity index (χ0n) is 8.88. The van der Waals surface area contributed by atoms with Crippen LogP contribution in [0.15, 0.2) is 0 Å². The summed E-state index contributed by atoms with van der Waals surface area (Å²) in [6.07, 6.45) is 1.83. The van der Waals surface area contributed by atoms with Crippen LogP contribution in [0.3, 0.4) is 0 Å². The molecular weight excluding hydrogens is 180 g/mol. The molecule has 0 amide bonds. The van der Waals surface area contributed by atoms with E-state index >= 15 is 0 Å². The van der Waals surface area contributed by atoms with E-state index in [2.05, 4.69) is 24.1 Å². The fraction of sp³-hybridized carbons (Fsp3) is 0.900. The first-order chi connectivity index (χ1) is 6.64. The van der Waals surface area contributed by atoms with Crippen molar-refractivity contribution in [2.24, 2.45) is 0 Å². The maximum Gasteiger partial charge on any atom is 0.322 e. The van der Waals surface area contributed by atoms with Gasteiger partial charge in [-0.25, -0.2) is 0 Å². The Kier molecular flexibility index (Phi) is 2.49. The molecule has 0 aliphatic carbocycles. The summed E-state index contributed by atoms with van der Waals surface area (Å²) in [6, 6.07) is 0.375. The summed E-state index contributed by atoms with van der Waals surface area (Å²) < 4.78 is 5.51. The van der Waals surface area contributed by atoms with Crippen LogP contribution in [0.1, 0.15) is 26.7 Å². The molecule has 2 aliphatic heterocycles. The van der Waals surface area contributed by atoms with Crippen LogP contribution >= 0.6 is 0 Å². The molecule has 2 aliphatic rings. The highest BCUT2D eigenvalue weighted by Crippen LogP contribution is 2.34. The Morgan fingerprint density at radius 2 is 2.07 bits per heavy atom. The van der Waals surface area contributed by atoms with E-state index in [0.29, 0.717) is 12.6 Å². The molecule has 0 saturated carbocycles. The molecule has 1 spiro atoms. The van der Waals surface area contributed by atoms with Crippen LogP contribution in [-0.4, -0.2) is 42.3 Å². The molecule has 1 N–H and O–H groups in total. The van der Waals surface area contributed by atoms with Crippen molar-refractivity contribution >= 4 is 5.97 Å². The number of carbonyl (C=O) groups is 1. The third-order valence-electron chi connectivity index (χ3n) is 3.13. The van der Waals surface area contributed by atoms with E-state index in [-0.39, 0.29) is 11.7 Å². The monoisotopic (exact) mass is 198 g/mol.